The van der Waals surface area contributed by atoms with Crippen molar-refractivity contribution in [2.75, 3.05) is 26.2 Å². The fourth-order valence-corrected chi connectivity index (χ4v) is 4.26. The van der Waals surface area contributed by atoms with Crippen molar-refractivity contribution < 1.29 is 12.8 Å². The summed E-state index contributed by atoms with van der Waals surface area (Å²) in [7, 11) is -3.29. The molecule has 0 aliphatic carbocycles. The van der Waals surface area contributed by atoms with Crippen LogP contribution in [0.15, 0.2) is 28.7 Å². The molecule has 0 spiro atoms. The highest BCUT2D eigenvalue weighted by Gasteiger charge is 2.27. The van der Waals surface area contributed by atoms with Gasteiger partial charge in [0.1, 0.15) is 0 Å². The summed E-state index contributed by atoms with van der Waals surface area (Å²) >= 11 is 0. The van der Waals surface area contributed by atoms with Crippen LogP contribution in [0.3, 0.4) is 0 Å². The van der Waals surface area contributed by atoms with Gasteiger partial charge in [-0.2, -0.15) is 4.31 Å². The van der Waals surface area contributed by atoms with Crippen molar-refractivity contribution in [3.63, 3.8) is 0 Å². The zero-order valence-electron chi connectivity index (χ0n) is 14.0. The number of rotatable bonds is 5. The summed E-state index contributed by atoms with van der Waals surface area (Å²) in [6, 6.07) is 7.63. The molecular weight excluding hydrogens is 328 g/mol. The first-order valence-corrected chi connectivity index (χ1v) is 9.58. The molecule has 0 atom stereocenters. The zero-order chi connectivity index (χ0) is 17.2. The second-order valence-corrected chi connectivity index (χ2v) is 8.10. The average molecular weight is 350 g/mol. The Labute approximate surface area is 142 Å². The highest BCUT2D eigenvalue weighted by atomic mass is 32.2. The number of sulfonamides is 1. The van der Waals surface area contributed by atoms with E-state index in [2.05, 4.69) is 15.1 Å². The lowest BCUT2D eigenvalue weighted by molar-refractivity contribution is 0.167. The van der Waals surface area contributed by atoms with Gasteiger partial charge in [0.15, 0.2) is 0 Å². The molecule has 0 N–H and O–H groups in total. The van der Waals surface area contributed by atoms with Crippen LogP contribution >= 0.6 is 0 Å². The SMILES string of the molecule is Cc1ccc(CS(=O)(=O)N2CCN(Cc3nnc(C)o3)CC2)cc1. The molecule has 0 amide bonds. The first-order valence-electron chi connectivity index (χ1n) is 7.97. The minimum absolute atomic E-state index is 0.0517. The fraction of sp³-hybridized carbons (Fsp3) is 0.500. The minimum atomic E-state index is -3.29. The Morgan fingerprint density at radius 3 is 2.29 bits per heavy atom. The Hall–Kier alpha value is -1.77. The molecule has 7 nitrogen and oxygen atoms in total. The van der Waals surface area contributed by atoms with Crippen molar-refractivity contribution in [1.29, 1.82) is 0 Å². The third-order valence-corrected chi connectivity index (χ3v) is 5.97. The topological polar surface area (TPSA) is 79.5 Å². The lowest BCUT2D eigenvalue weighted by atomic mass is 10.2. The van der Waals surface area contributed by atoms with Crippen LogP contribution in [0.4, 0.5) is 0 Å². The maximum atomic E-state index is 12.6. The number of hydrogen-bond acceptors (Lipinski definition) is 6. The molecule has 2 aromatic rings. The predicted octanol–water partition coefficient (Wildman–Crippen LogP) is 1.33. The van der Waals surface area contributed by atoms with Crippen LogP contribution in [-0.2, 0) is 22.3 Å². The number of hydrogen-bond donors (Lipinski definition) is 0. The normalized spacial score (nSPS) is 17.2. The van der Waals surface area contributed by atoms with E-state index in [9.17, 15) is 8.42 Å². The highest BCUT2D eigenvalue weighted by molar-refractivity contribution is 7.88. The molecule has 1 aromatic carbocycles. The number of piperazine rings is 1. The van der Waals surface area contributed by atoms with Crippen LogP contribution in [0.2, 0.25) is 0 Å². The van der Waals surface area contributed by atoms with Crippen LogP contribution < -0.4 is 0 Å². The van der Waals surface area contributed by atoms with Gasteiger partial charge in [0.2, 0.25) is 21.8 Å². The van der Waals surface area contributed by atoms with E-state index in [-0.39, 0.29) is 5.75 Å². The van der Waals surface area contributed by atoms with E-state index in [0.717, 1.165) is 11.1 Å². The molecule has 0 unspecified atom stereocenters. The van der Waals surface area contributed by atoms with Gasteiger partial charge in [0.25, 0.3) is 0 Å². The van der Waals surface area contributed by atoms with Crippen LogP contribution in [0.5, 0.6) is 0 Å². The minimum Gasteiger partial charge on any atom is -0.424 e. The Balaban J connectivity index is 1.56. The summed E-state index contributed by atoms with van der Waals surface area (Å²) in [4.78, 5) is 2.13. The molecule has 1 aromatic heterocycles. The maximum Gasteiger partial charge on any atom is 0.230 e. The van der Waals surface area contributed by atoms with Gasteiger partial charge in [0, 0.05) is 33.1 Å². The molecule has 0 radical (unpaired) electrons. The van der Waals surface area contributed by atoms with Gasteiger partial charge in [-0.05, 0) is 12.5 Å². The Morgan fingerprint density at radius 2 is 1.71 bits per heavy atom. The van der Waals surface area contributed by atoms with E-state index < -0.39 is 10.0 Å². The van der Waals surface area contributed by atoms with Crippen molar-refractivity contribution in [1.82, 2.24) is 19.4 Å². The van der Waals surface area contributed by atoms with E-state index in [1.807, 2.05) is 31.2 Å². The van der Waals surface area contributed by atoms with Crippen LogP contribution in [0.1, 0.15) is 22.9 Å². The standard InChI is InChI=1S/C16H22N4O3S/c1-13-3-5-15(6-4-13)12-24(21,22)20-9-7-19(8-10-20)11-16-18-17-14(2)23-16/h3-6H,7-12H2,1-2H3. The molecular formula is C16H22N4O3S. The number of benzene rings is 1. The van der Waals surface area contributed by atoms with E-state index in [1.54, 1.807) is 11.2 Å². The number of aryl methyl sites for hydroxylation is 2. The van der Waals surface area contributed by atoms with Gasteiger partial charge in [0.05, 0.1) is 12.3 Å². The van der Waals surface area contributed by atoms with E-state index in [1.165, 1.54) is 0 Å². The lowest BCUT2D eigenvalue weighted by Crippen LogP contribution is -2.48. The molecule has 1 aliphatic rings. The van der Waals surface area contributed by atoms with Gasteiger partial charge < -0.3 is 4.42 Å². The average Bonchev–Trinajstić information content (AvgIpc) is 2.95. The molecule has 1 saturated heterocycles. The van der Waals surface area contributed by atoms with Gasteiger partial charge in [-0.25, -0.2) is 8.42 Å². The monoisotopic (exact) mass is 350 g/mol. The van der Waals surface area contributed by atoms with Crippen LogP contribution in [0, 0.1) is 13.8 Å². The van der Waals surface area contributed by atoms with Crippen molar-refractivity contribution in [2.45, 2.75) is 26.1 Å². The third kappa shape index (κ3) is 4.19. The first-order chi connectivity index (χ1) is 11.4. The summed E-state index contributed by atoms with van der Waals surface area (Å²) in [6.07, 6.45) is 0. The first kappa shape index (κ1) is 17.1. The Bertz CT molecular complexity index is 778. The van der Waals surface area contributed by atoms with Crippen molar-refractivity contribution in [3.05, 3.63) is 47.2 Å². The molecule has 8 heteroatoms. The predicted molar refractivity (Wildman–Crippen MR) is 89.7 cm³/mol. The molecule has 1 aliphatic heterocycles. The number of aromatic nitrogens is 2. The second-order valence-electron chi connectivity index (χ2n) is 6.13. The van der Waals surface area contributed by atoms with Gasteiger partial charge in [-0.1, -0.05) is 29.8 Å². The zero-order valence-corrected chi connectivity index (χ0v) is 14.8. The van der Waals surface area contributed by atoms with Crippen molar-refractivity contribution in [3.8, 4) is 0 Å². The summed E-state index contributed by atoms with van der Waals surface area (Å²) < 4.78 is 32.1. The number of nitrogens with zero attached hydrogens (tertiary/aromatic N) is 4. The largest absolute Gasteiger partial charge is 0.424 e. The van der Waals surface area contributed by atoms with Crippen molar-refractivity contribution in [2.24, 2.45) is 0 Å². The van der Waals surface area contributed by atoms with Crippen LogP contribution in [-0.4, -0.2) is 54.0 Å². The fourth-order valence-electron chi connectivity index (χ4n) is 2.74. The maximum absolute atomic E-state index is 12.6. The third-order valence-electron chi connectivity index (χ3n) is 4.12. The van der Waals surface area contributed by atoms with Gasteiger partial charge >= 0.3 is 0 Å². The summed E-state index contributed by atoms with van der Waals surface area (Å²) in [5.74, 6) is 1.17. The van der Waals surface area contributed by atoms with Crippen molar-refractivity contribution >= 4 is 10.0 Å². The highest BCUT2D eigenvalue weighted by Crippen LogP contribution is 2.15. The summed E-state index contributed by atoms with van der Waals surface area (Å²) in [6.45, 7) is 6.60. The molecule has 2 heterocycles. The molecule has 130 valence electrons. The molecule has 24 heavy (non-hydrogen) atoms. The summed E-state index contributed by atoms with van der Waals surface area (Å²) in [5.41, 5.74) is 1.95. The lowest BCUT2D eigenvalue weighted by Gasteiger charge is -2.33. The van der Waals surface area contributed by atoms with Gasteiger partial charge in [-0.15, -0.1) is 10.2 Å². The summed E-state index contributed by atoms with van der Waals surface area (Å²) in [5, 5.41) is 7.79. The molecule has 1 fully saturated rings. The Kier molecular flexibility index (Phi) is 4.98. The quantitative estimate of drug-likeness (QED) is 0.809. The second kappa shape index (κ2) is 7.00. The molecule has 3 rings (SSSR count). The van der Waals surface area contributed by atoms with Gasteiger partial charge in [-0.3, -0.25) is 4.90 Å². The van der Waals surface area contributed by atoms with E-state index >= 15 is 0 Å². The smallest absolute Gasteiger partial charge is 0.230 e. The molecule has 0 saturated carbocycles. The van der Waals surface area contributed by atoms with E-state index in [4.69, 9.17) is 4.42 Å². The van der Waals surface area contributed by atoms with E-state index in [0.29, 0.717) is 44.5 Å². The molecule has 0 bridgehead atoms. The Morgan fingerprint density at radius 1 is 1.04 bits per heavy atom. The van der Waals surface area contributed by atoms with Crippen LogP contribution in [0.25, 0.3) is 0 Å².